The molecule has 0 aliphatic heterocycles. The van der Waals surface area contributed by atoms with Gasteiger partial charge >= 0.3 is 0 Å². The molecule has 0 aliphatic carbocycles. The van der Waals surface area contributed by atoms with Crippen LogP contribution in [0.2, 0.25) is 0 Å². The fourth-order valence-corrected chi connectivity index (χ4v) is 1.67. The molecule has 2 heterocycles. The number of aromatic nitrogens is 1. The molecule has 2 aromatic rings. The Morgan fingerprint density at radius 3 is 2.80 bits per heavy atom. The van der Waals surface area contributed by atoms with E-state index in [0.717, 1.165) is 11.4 Å². The average molecular weight is 273 g/mol. The number of rotatable bonds is 4. The summed E-state index contributed by atoms with van der Waals surface area (Å²) in [4.78, 5) is 16.1. The molecule has 0 saturated heterocycles. The molecule has 2 aromatic heterocycles. The molecule has 0 saturated carbocycles. The summed E-state index contributed by atoms with van der Waals surface area (Å²) >= 11 is 0. The smallest absolute Gasteiger partial charge is 0.270 e. The van der Waals surface area contributed by atoms with E-state index in [1.54, 1.807) is 18.5 Å². The van der Waals surface area contributed by atoms with Crippen LogP contribution in [0.15, 0.2) is 41.1 Å². The van der Waals surface area contributed by atoms with E-state index >= 15 is 0 Å². The van der Waals surface area contributed by atoms with Gasteiger partial charge in [-0.15, -0.1) is 0 Å². The number of pyridine rings is 1. The van der Waals surface area contributed by atoms with Gasteiger partial charge in [-0.1, -0.05) is 0 Å². The van der Waals surface area contributed by atoms with Crippen LogP contribution in [0.3, 0.4) is 0 Å². The van der Waals surface area contributed by atoms with Crippen LogP contribution in [0.1, 0.15) is 37.0 Å². The predicted molar refractivity (Wildman–Crippen MR) is 77.5 cm³/mol. The maximum atomic E-state index is 12.0. The van der Waals surface area contributed by atoms with Gasteiger partial charge in [-0.25, -0.2) is 0 Å². The summed E-state index contributed by atoms with van der Waals surface area (Å²) in [6, 6.07) is 7.27. The van der Waals surface area contributed by atoms with Crippen LogP contribution < -0.4 is 10.6 Å². The number of hydrogen-bond acceptors (Lipinski definition) is 4. The fourth-order valence-electron chi connectivity index (χ4n) is 1.67. The maximum absolute atomic E-state index is 12.0. The van der Waals surface area contributed by atoms with Crippen LogP contribution in [0, 0.1) is 0 Å². The first-order chi connectivity index (χ1) is 9.44. The third-order valence-electron chi connectivity index (χ3n) is 2.53. The van der Waals surface area contributed by atoms with E-state index < -0.39 is 0 Å². The third kappa shape index (κ3) is 4.12. The van der Waals surface area contributed by atoms with Crippen molar-refractivity contribution in [1.82, 2.24) is 10.3 Å². The lowest BCUT2D eigenvalue weighted by Crippen LogP contribution is -2.40. The summed E-state index contributed by atoms with van der Waals surface area (Å²) in [5, 5.41) is 6.08. The van der Waals surface area contributed by atoms with Crippen LogP contribution in [0.4, 0.5) is 5.69 Å². The molecule has 5 nitrogen and oxygen atoms in total. The Hall–Kier alpha value is -2.30. The van der Waals surface area contributed by atoms with Crippen LogP contribution >= 0.6 is 0 Å². The van der Waals surface area contributed by atoms with Gasteiger partial charge in [0.1, 0.15) is 11.5 Å². The minimum Gasteiger partial charge on any atom is -0.467 e. The SMILES string of the molecule is CC(C)(C)NC(=O)c1cc(NCc2ccco2)ccn1. The molecule has 0 radical (unpaired) electrons. The van der Waals surface area contributed by atoms with Crippen molar-refractivity contribution >= 4 is 11.6 Å². The molecule has 2 N–H and O–H groups in total. The highest BCUT2D eigenvalue weighted by atomic mass is 16.3. The Labute approximate surface area is 118 Å². The first-order valence-electron chi connectivity index (χ1n) is 6.49. The molecule has 2 rings (SSSR count). The molecule has 20 heavy (non-hydrogen) atoms. The van der Waals surface area contributed by atoms with E-state index in [2.05, 4.69) is 15.6 Å². The van der Waals surface area contributed by atoms with Gasteiger partial charge in [0.05, 0.1) is 12.8 Å². The lowest BCUT2D eigenvalue weighted by atomic mass is 10.1. The summed E-state index contributed by atoms with van der Waals surface area (Å²) in [7, 11) is 0. The average Bonchev–Trinajstić information content (AvgIpc) is 2.88. The molecule has 0 unspecified atom stereocenters. The Kier molecular flexibility index (Phi) is 4.08. The van der Waals surface area contributed by atoms with E-state index in [1.165, 1.54) is 0 Å². The fraction of sp³-hybridized carbons (Fsp3) is 0.333. The minimum atomic E-state index is -0.281. The lowest BCUT2D eigenvalue weighted by Gasteiger charge is -2.20. The number of nitrogens with one attached hydrogen (secondary N) is 2. The lowest BCUT2D eigenvalue weighted by molar-refractivity contribution is 0.0914. The first-order valence-corrected chi connectivity index (χ1v) is 6.49. The number of furan rings is 1. The van der Waals surface area contributed by atoms with Crippen molar-refractivity contribution in [2.75, 3.05) is 5.32 Å². The Morgan fingerprint density at radius 1 is 1.35 bits per heavy atom. The molecule has 0 spiro atoms. The molecule has 0 aliphatic rings. The molecule has 1 amide bonds. The molecule has 0 bridgehead atoms. The second-order valence-electron chi connectivity index (χ2n) is 5.57. The molecule has 106 valence electrons. The number of carbonyl (C=O) groups excluding carboxylic acids is 1. The topological polar surface area (TPSA) is 67.2 Å². The largest absolute Gasteiger partial charge is 0.467 e. The zero-order valence-electron chi connectivity index (χ0n) is 11.9. The van der Waals surface area contributed by atoms with Gasteiger partial charge in [0, 0.05) is 17.4 Å². The van der Waals surface area contributed by atoms with Gasteiger partial charge in [0.25, 0.3) is 5.91 Å². The highest BCUT2D eigenvalue weighted by Crippen LogP contribution is 2.11. The van der Waals surface area contributed by atoms with E-state index in [4.69, 9.17) is 4.42 Å². The predicted octanol–water partition coefficient (Wildman–Crippen LogP) is 2.82. The van der Waals surface area contributed by atoms with Crippen LogP contribution in [0.25, 0.3) is 0 Å². The number of hydrogen-bond donors (Lipinski definition) is 2. The summed E-state index contributed by atoms with van der Waals surface area (Å²) in [5.41, 5.74) is 0.941. The van der Waals surface area contributed by atoms with Gasteiger partial charge < -0.3 is 15.1 Å². The Morgan fingerprint density at radius 2 is 2.15 bits per heavy atom. The highest BCUT2D eigenvalue weighted by molar-refractivity contribution is 5.93. The molecular weight excluding hydrogens is 254 g/mol. The van der Waals surface area contributed by atoms with E-state index in [-0.39, 0.29) is 11.4 Å². The normalized spacial score (nSPS) is 11.2. The third-order valence-corrected chi connectivity index (χ3v) is 2.53. The van der Waals surface area contributed by atoms with E-state index in [1.807, 2.05) is 39.0 Å². The van der Waals surface area contributed by atoms with Crippen molar-refractivity contribution in [3.63, 3.8) is 0 Å². The second kappa shape index (κ2) is 5.77. The number of nitrogens with zero attached hydrogens (tertiary/aromatic N) is 1. The summed E-state index contributed by atoms with van der Waals surface area (Å²) in [6.45, 7) is 6.37. The highest BCUT2D eigenvalue weighted by Gasteiger charge is 2.16. The van der Waals surface area contributed by atoms with E-state index in [9.17, 15) is 4.79 Å². The summed E-state index contributed by atoms with van der Waals surface area (Å²) in [6.07, 6.45) is 3.24. The number of carbonyl (C=O) groups is 1. The van der Waals surface area contributed by atoms with Crippen molar-refractivity contribution in [3.05, 3.63) is 48.2 Å². The molecule has 0 aromatic carbocycles. The zero-order chi connectivity index (χ0) is 14.6. The Balaban J connectivity index is 2.02. The maximum Gasteiger partial charge on any atom is 0.270 e. The quantitative estimate of drug-likeness (QED) is 0.899. The van der Waals surface area contributed by atoms with Crippen molar-refractivity contribution in [2.45, 2.75) is 32.9 Å². The van der Waals surface area contributed by atoms with Crippen LogP contribution in [-0.4, -0.2) is 16.4 Å². The molecule has 0 atom stereocenters. The van der Waals surface area contributed by atoms with Crippen LogP contribution in [-0.2, 0) is 6.54 Å². The van der Waals surface area contributed by atoms with Gasteiger partial charge in [0.15, 0.2) is 0 Å². The zero-order valence-corrected chi connectivity index (χ0v) is 11.9. The standard InChI is InChI=1S/C15H19N3O2/c1-15(2,3)18-14(19)13-9-11(6-7-16-13)17-10-12-5-4-8-20-12/h4-9H,10H2,1-3H3,(H,16,17)(H,18,19). The monoisotopic (exact) mass is 273 g/mol. The number of amides is 1. The minimum absolute atomic E-state index is 0.181. The first kappa shape index (κ1) is 14.1. The van der Waals surface area contributed by atoms with Crippen molar-refractivity contribution < 1.29 is 9.21 Å². The second-order valence-corrected chi connectivity index (χ2v) is 5.57. The van der Waals surface area contributed by atoms with Crippen molar-refractivity contribution in [3.8, 4) is 0 Å². The summed E-state index contributed by atoms with van der Waals surface area (Å²) < 4.78 is 5.24. The Bertz CT molecular complexity index is 571. The van der Waals surface area contributed by atoms with Crippen LogP contribution in [0.5, 0.6) is 0 Å². The van der Waals surface area contributed by atoms with E-state index in [0.29, 0.717) is 12.2 Å². The molecule has 0 fully saturated rings. The summed E-state index contributed by atoms with van der Waals surface area (Å²) in [5.74, 6) is 0.654. The van der Waals surface area contributed by atoms with Gasteiger partial charge in [0.2, 0.25) is 0 Å². The molecular formula is C15H19N3O2. The van der Waals surface area contributed by atoms with Gasteiger partial charge in [-0.2, -0.15) is 0 Å². The van der Waals surface area contributed by atoms with Gasteiger partial charge in [-0.3, -0.25) is 9.78 Å². The number of anilines is 1. The van der Waals surface area contributed by atoms with Gasteiger partial charge in [-0.05, 0) is 45.0 Å². The van der Waals surface area contributed by atoms with Crippen molar-refractivity contribution in [1.29, 1.82) is 0 Å². The van der Waals surface area contributed by atoms with Crippen molar-refractivity contribution in [2.24, 2.45) is 0 Å². The molecule has 5 heteroatoms.